The molecule has 12 aromatic rings. The highest BCUT2D eigenvalue weighted by atomic mass is 32.1. The molecule has 2 heterocycles. The molecule has 0 radical (unpaired) electrons. The van der Waals surface area contributed by atoms with Crippen molar-refractivity contribution in [1.82, 2.24) is 0 Å². The Morgan fingerprint density at radius 1 is 0.254 bits per heavy atom. The molecule has 2 heteroatoms. The lowest BCUT2D eigenvalue weighted by molar-refractivity contribution is 0.649. The molecule has 0 nitrogen and oxygen atoms in total. The zero-order chi connectivity index (χ0) is 44.9. The Morgan fingerprint density at radius 2 is 0.567 bits per heavy atom. The first-order chi connectivity index (χ1) is 32.5. The number of hydrogen-bond acceptors (Lipinski definition) is 2. The molecule has 0 bridgehead atoms. The summed E-state index contributed by atoms with van der Waals surface area (Å²) in [7, 11) is 0. The lowest BCUT2D eigenvalue weighted by Crippen LogP contribution is -2.17. The molecule has 0 fully saturated rings. The molecule has 2 aromatic heterocycles. The van der Waals surface area contributed by atoms with Gasteiger partial charge in [-0.25, -0.2) is 0 Å². The van der Waals surface area contributed by atoms with E-state index in [9.17, 15) is 0 Å². The van der Waals surface area contributed by atoms with Crippen LogP contribution in [0.1, 0.15) is 74.9 Å². The van der Waals surface area contributed by atoms with Crippen molar-refractivity contribution in [3.63, 3.8) is 0 Å². The van der Waals surface area contributed by atoms with Crippen molar-refractivity contribution < 1.29 is 0 Å². The maximum Gasteiger partial charge on any atom is 0.0434 e. The predicted molar refractivity (Wildman–Crippen MR) is 291 cm³/mol. The molecule has 15 rings (SSSR count). The van der Waals surface area contributed by atoms with E-state index in [0.29, 0.717) is 0 Å². The third kappa shape index (κ3) is 4.78. The molecule has 3 aliphatic rings. The van der Waals surface area contributed by atoms with Crippen LogP contribution in [0.25, 0.3) is 118 Å². The standard InChI is InChI=1S/C65H46S2/c1-63(2)51-33-49-53(64(3,4)55-29-45(35-17-7-9-21-39(35)59(49)55)43-25-15-23-41-37-19-11-13-27-57(37)66-61(41)43)31-47(51)48-32-54-50(34-52(48)63)60-40-22-10-8-18-36(40)46(30-56(60)65(54,5)6)44-26-16-24-42-38-20-12-14-28-58(38)67-62(42)44/h7-34H,1-6H3. The van der Waals surface area contributed by atoms with E-state index in [1.807, 2.05) is 22.7 Å². The number of benzene rings is 10. The van der Waals surface area contributed by atoms with Gasteiger partial charge in [-0.15, -0.1) is 22.7 Å². The average Bonchev–Trinajstić information content (AvgIpc) is 4.09. The fourth-order valence-electron chi connectivity index (χ4n) is 13.2. The van der Waals surface area contributed by atoms with E-state index < -0.39 is 0 Å². The highest BCUT2D eigenvalue weighted by molar-refractivity contribution is 7.26. The summed E-state index contributed by atoms with van der Waals surface area (Å²) in [6.45, 7) is 14.8. The Hall–Kier alpha value is -6.84. The molecule has 0 N–H and O–H groups in total. The fraction of sp³-hybridized carbons (Fsp3) is 0.138. The van der Waals surface area contributed by atoms with E-state index in [1.165, 1.54) is 151 Å². The molecular weight excluding hydrogens is 845 g/mol. The van der Waals surface area contributed by atoms with Crippen LogP contribution in [0.3, 0.4) is 0 Å². The van der Waals surface area contributed by atoms with Crippen LogP contribution in [0.2, 0.25) is 0 Å². The molecule has 67 heavy (non-hydrogen) atoms. The van der Waals surface area contributed by atoms with Gasteiger partial charge in [0.25, 0.3) is 0 Å². The minimum absolute atomic E-state index is 0.187. The molecule has 318 valence electrons. The van der Waals surface area contributed by atoms with Gasteiger partial charge in [0.1, 0.15) is 0 Å². The van der Waals surface area contributed by atoms with Gasteiger partial charge in [0.05, 0.1) is 0 Å². The van der Waals surface area contributed by atoms with Crippen LogP contribution in [-0.2, 0) is 16.2 Å². The highest BCUT2D eigenvalue weighted by Gasteiger charge is 2.45. The molecule has 0 amide bonds. The van der Waals surface area contributed by atoms with Crippen LogP contribution < -0.4 is 0 Å². The maximum absolute atomic E-state index is 2.61. The molecule has 0 saturated carbocycles. The first-order valence-corrected chi connectivity index (χ1v) is 25.5. The minimum Gasteiger partial charge on any atom is -0.135 e. The third-order valence-electron chi connectivity index (χ3n) is 16.7. The predicted octanol–water partition coefficient (Wildman–Crippen LogP) is 19.0. The molecule has 0 unspecified atom stereocenters. The number of thiophene rings is 2. The third-order valence-corrected chi connectivity index (χ3v) is 19.1. The minimum atomic E-state index is -0.196. The van der Waals surface area contributed by atoms with E-state index in [1.54, 1.807) is 0 Å². The van der Waals surface area contributed by atoms with Gasteiger partial charge in [0, 0.05) is 67.7 Å². The summed E-state index contributed by atoms with van der Waals surface area (Å²) < 4.78 is 5.43. The van der Waals surface area contributed by atoms with Crippen molar-refractivity contribution in [1.29, 1.82) is 0 Å². The van der Waals surface area contributed by atoms with E-state index in [4.69, 9.17) is 0 Å². The van der Waals surface area contributed by atoms with Gasteiger partial charge in [-0.3, -0.25) is 0 Å². The summed E-state index contributed by atoms with van der Waals surface area (Å²) in [6.07, 6.45) is 0. The van der Waals surface area contributed by atoms with Crippen molar-refractivity contribution in [2.45, 2.75) is 57.8 Å². The van der Waals surface area contributed by atoms with Gasteiger partial charge < -0.3 is 0 Å². The highest BCUT2D eigenvalue weighted by Crippen LogP contribution is 2.62. The monoisotopic (exact) mass is 890 g/mol. The molecule has 0 spiro atoms. The molecule has 0 aliphatic heterocycles. The summed E-state index contributed by atoms with van der Waals surface area (Å²) in [5.74, 6) is 0. The second-order valence-corrected chi connectivity index (χ2v) is 23.2. The van der Waals surface area contributed by atoms with Crippen molar-refractivity contribution in [3.05, 3.63) is 203 Å². The Morgan fingerprint density at radius 3 is 1.00 bits per heavy atom. The normalized spacial score (nSPS) is 15.7. The van der Waals surface area contributed by atoms with E-state index in [2.05, 4.69) is 211 Å². The topological polar surface area (TPSA) is 0 Å². The quantitative estimate of drug-likeness (QED) is 0.162. The fourth-order valence-corrected chi connectivity index (χ4v) is 15.7. The zero-order valence-corrected chi connectivity index (χ0v) is 40.1. The largest absolute Gasteiger partial charge is 0.135 e. The van der Waals surface area contributed by atoms with E-state index in [0.717, 1.165) is 0 Å². The number of fused-ring (bicyclic) bond motifs is 19. The average molecular weight is 891 g/mol. The van der Waals surface area contributed by atoms with Gasteiger partial charge in [-0.1, -0.05) is 163 Å². The molecule has 10 aromatic carbocycles. The van der Waals surface area contributed by atoms with Crippen LogP contribution in [0.15, 0.2) is 170 Å². The van der Waals surface area contributed by atoms with Crippen LogP contribution in [-0.4, -0.2) is 0 Å². The lowest BCUT2D eigenvalue weighted by atomic mass is 9.78. The molecule has 0 saturated heterocycles. The SMILES string of the molecule is CC1(C)c2cc3c(cc2-c2cc4c(cc21)-c1c(cc(-c2cccc5c2sc2ccccc25)c2ccccc12)C4(C)C)C(C)(C)c1cc(-c2cccc4c2sc2ccccc24)c2ccccc2c1-3. The first kappa shape index (κ1) is 38.3. The second kappa shape index (κ2) is 12.8. The summed E-state index contributed by atoms with van der Waals surface area (Å²) in [5, 5.41) is 10.7. The summed E-state index contributed by atoms with van der Waals surface area (Å²) >= 11 is 3.85. The smallest absolute Gasteiger partial charge is 0.0434 e. The van der Waals surface area contributed by atoms with Crippen LogP contribution in [0.4, 0.5) is 0 Å². The maximum atomic E-state index is 2.61. The van der Waals surface area contributed by atoms with E-state index >= 15 is 0 Å². The Bertz CT molecular complexity index is 3970. The van der Waals surface area contributed by atoms with Gasteiger partial charge in [0.15, 0.2) is 0 Å². The van der Waals surface area contributed by atoms with Crippen LogP contribution in [0.5, 0.6) is 0 Å². The summed E-state index contributed by atoms with van der Waals surface area (Å²) in [5.41, 5.74) is 21.7. The second-order valence-electron chi connectivity index (χ2n) is 21.1. The molecule has 3 aliphatic carbocycles. The van der Waals surface area contributed by atoms with Crippen LogP contribution >= 0.6 is 22.7 Å². The van der Waals surface area contributed by atoms with Gasteiger partial charge in [-0.05, 0) is 148 Å². The van der Waals surface area contributed by atoms with Crippen molar-refractivity contribution >= 4 is 84.6 Å². The van der Waals surface area contributed by atoms with Crippen molar-refractivity contribution in [2.24, 2.45) is 0 Å². The Labute approximate surface area is 398 Å². The van der Waals surface area contributed by atoms with E-state index in [-0.39, 0.29) is 16.2 Å². The van der Waals surface area contributed by atoms with Crippen molar-refractivity contribution in [2.75, 3.05) is 0 Å². The number of rotatable bonds is 2. The van der Waals surface area contributed by atoms with Crippen molar-refractivity contribution in [3.8, 4) is 55.6 Å². The lowest BCUT2D eigenvalue weighted by Gasteiger charge is -2.25. The summed E-state index contributed by atoms with van der Waals surface area (Å²) in [4.78, 5) is 0. The van der Waals surface area contributed by atoms with Crippen LogP contribution in [0, 0.1) is 0 Å². The Kier molecular flexibility index (Phi) is 7.30. The molecule has 0 atom stereocenters. The number of hydrogen-bond donors (Lipinski definition) is 0. The Balaban J connectivity index is 0.914. The van der Waals surface area contributed by atoms with Gasteiger partial charge >= 0.3 is 0 Å². The zero-order valence-electron chi connectivity index (χ0n) is 38.5. The van der Waals surface area contributed by atoms with Gasteiger partial charge in [-0.2, -0.15) is 0 Å². The summed E-state index contributed by atoms with van der Waals surface area (Å²) in [6, 6.07) is 65.5. The van der Waals surface area contributed by atoms with Gasteiger partial charge in [0.2, 0.25) is 0 Å². The molecular formula is C65H46S2. The first-order valence-electron chi connectivity index (χ1n) is 23.8.